The van der Waals surface area contributed by atoms with E-state index in [0.29, 0.717) is 6.61 Å². The van der Waals surface area contributed by atoms with E-state index in [1.54, 1.807) is 25.2 Å². The minimum Gasteiger partial charge on any atom is -0.465 e. The molecule has 0 spiro atoms. The van der Waals surface area contributed by atoms with Gasteiger partial charge in [-0.3, -0.25) is 9.59 Å². The first-order chi connectivity index (χ1) is 10.4. The number of piperidine rings is 1. The van der Waals surface area contributed by atoms with Gasteiger partial charge in [0, 0.05) is 31.3 Å². The van der Waals surface area contributed by atoms with Crippen molar-refractivity contribution in [1.29, 1.82) is 0 Å². The van der Waals surface area contributed by atoms with Crippen LogP contribution in [0.5, 0.6) is 0 Å². The Hall–Kier alpha value is -1.43. The third kappa shape index (κ3) is 3.48. The number of hydrogen-bond acceptors (Lipinski definition) is 5. The maximum atomic E-state index is 12.1. The van der Waals surface area contributed by atoms with E-state index < -0.39 is 5.41 Å². The van der Waals surface area contributed by atoms with Crippen LogP contribution in [-0.2, 0) is 19.7 Å². The Morgan fingerprint density at radius 1 is 1.50 bits per heavy atom. The zero-order valence-electron chi connectivity index (χ0n) is 13.7. The molecule has 6 heteroatoms. The van der Waals surface area contributed by atoms with Crippen molar-refractivity contribution >= 4 is 23.2 Å². The molecule has 2 rings (SSSR count). The molecule has 0 radical (unpaired) electrons. The van der Waals surface area contributed by atoms with Gasteiger partial charge >= 0.3 is 5.97 Å². The SMILES string of the molecule is CCOC(=O)C(C)(C)c1csc([C@@H]2CCCN(C(C)=O)C2)n1. The summed E-state index contributed by atoms with van der Waals surface area (Å²) in [5, 5.41) is 2.96. The number of aromatic nitrogens is 1. The lowest BCUT2D eigenvalue weighted by Crippen LogP contribution is -2.37. The fraction of sp³-hybridized carbons (Fsp3) is 0.688. The molecule has 1 aromatic heterocycles. The highest BCUT2D eigenvalue weighted by molar-refractivity contribution is 7.09. The average molecular weight is 324 g/mol. The average Bonchev–Trinajstić information content (AvgIpc) is 2.98. The molecule has 0 aliphatic carbocycles. The number of hydrogen-bond donors (Lipinski definition) is 0. The van der Waals surface area contributed by atoms with Crippen molar-refractivity contribution in [2.45, 2.75) is 51.9 Å². The van der Waals surface area contributed by atoms with Gasteiger partial charge in [-0.15, -0.1) is 11.3 Å². The fourth-order valence-electron chi connectivity index (χ4n) is 2.64. The van der Waals surface area contributed by atoms with Gasteiger partial charge in [0.1, 0.15) is 5.41 Å². The molecule has 0 N–H and O–H groups in total. The number of carbonyl (C=O) groups is 2. The first-order valence-electron chi connectivity index (χ1n) is 7.75. The highest BCUT2D eigenvalue weighted by Gasteiger charge is 2.35. The number of amides is 1. The molecular formula is C16H24N2O3S. The summed E-state index contributed by atoms with van der Waals surface area (Å²) in [5.74, 6) is 0.142. The number of thiazole rings is 1. The second-order valence-electron chi connectivity index (χ2n) is 6.22. The van der Waals surface area contributed by atoms with E-state index >= 15 is 0 Å². The lowest BCUT2D eigenvalue weighted by molar-refractivity contribution is -0.148. The number of likely N-dealkylation sites (tertiary alicyclic amines) is 1. The van der Waals surface area contributed by atoms with Crippen LogP contribution in [0.4, 0.5) is 0 Å². The van der Waals surface area contributed by atoms with E-state index in [1.165, 1.54) is 0 Å². The summed E-state index contributed by atoms with van der Waals surface area (Å²) < 4.78 is 5.14. The number of nitrogens with zero attached hydrogens (tertiary/aromatic N) is 2. The van der Waals surface area contributed by atoms with Gasteiger partial charge in [0.25, 0.3) is 0 Å². The highest BCUT2D eigenvalue weighted by atomic mass is 32.1. The molecule has 1 fully saturated rings. The van der Waals surface area contributed by atoms with E-state index in [0.717, 1.165) is 36.6 Å². The maximum absolute atomic E-state index is 12.1. The van der Waals surface area contributed by atoms with Crippen LogP contribution in [0, 0.1) is 0 Å². The molecule has 122 valence electrons. The van der Waals surface area contributed by atoms with Crippen LogP contribution in [0.3, 0.4) is 0 Å². The standard InChI is InChI=1S/C16H24N2O3S/c1-5-21-15(20)16(3,4)13-10-22-14(17-13)12-7-6-8-18(9-12)11(2)19/h10,12H,5-9H2,1-4H3/t12-/m1/s1. The molecule has 22 heavy (non-hydrogen) atoms. The summed E-state index contributed by atoms with van der Waals surface area (Å²) >= 11 is 1.58. The van der Waals surface area contributed by atoms with Gasteiger partial charge < -0.3 is 9.64 Å². The summed E-state index contributed by atoms with van der Waals surface area (Å²) in [6.07, 6.45) is 2.04. The molecule has 1 aliphatic rings. The summed E-state index contributed by atoms with van der Waals surface area (Å²) in [6, 6.07) is 0. The monoisotopic (exact) mass is 324 g/mol. The molecule has 5 nitrogen and oxygen atoms in total. The number of rotatable bonds is 4. The van der Waals surface area contributed by atoms with Gasteiger partial charge in [0.15, 0.2) is 0 Å². The van der Waals surface area contributed by atoms with Crippen LogP contribution in [0.2, 0.25) is 0 Å². The molecule has 1 saturated heterocycles. The summed E-state index contributed by atoms with van der Waals surface area (Å²) in [7, 11) is 0. The predicted octanol–water partition coefficient (Wildman–Crippen LogP) is 2.71. The van der Waals surface area contributed by atoms with Gasteiger partial charge in [-0.2, -0.15) is 0 Å². The largest absolute Gasteiger partial charge is 0.465 e. The van der Waals surface area contributed by atoms with Crippen LogP contribution < -0.4 is 0 Å². The van der Waals surface area contributed by atoms with Gasteiger partial charge in [0.05, 0.1) is 17.3 Å². The number of carbonyl (C=O) groups excluding carboxylic acids is 2. The van der Waals surface area contributed by atoms with Gasteiger partial charge in [-0.25, -0.2) is 4.98 Å². The van der Waals surface area contributed by atoms with E-state index in [2.05, 4.69) is 4.98 Å². The minimum atomic E-state index is -0.736. The molecule has 2 heterocycles. The van der Waals surface area contributed by atoms with Crippen molar-refractivity contribution in [3.05, 3.63) is 16.1 Å². The molecule has 0 bridgehead atoms. The molecule has 1 aromatic rings. The zero-order chi connectivity index (χ0) is 16.3. The fourth-order valence-corrected chi connectivity index (χ4v) is 3.76. The molecule has 1 amide bonds. The second-order valence-corrected chi connectivity index (χ2v) is 7.11. The molecule has 0 unspecified atom stereocenters. The molecule has 0 aromatic carbocycles. The van der Waals surface area contributed by atoms with Gasteiger partial charge in [0.2, 0.25) is 5.91 Å². The molecular weight excluding hydrogens is 300 g/mol. The van der Waals surface area contributed by atoms with Crippen molar-refractivity contribution in [1.82, 2.24) is 9.88 Å². The summed E-state index contributed by atoms with van der Waals surface area (Å²) in [6.45, 7) is 9.02. The zero-order valence-corrected chi connectivity index (χ0v) is 14.5. The van der Waals surface area contributed by atoms with Crippen LogP contribution >= 0.6 is 11.3 Å². The predicted molar refractivity (Wildman–Crippen MR) is 86.0 cm³/mol. The number of ether oxygens (including phenoxy) is 1. The third-order valence-corrected chi connectivity index (χ3v) is 5.17. The van der Waals surface area contributed by atoms with Crippen molar-refractivity contribution in [2.75, 3.05) is 19.7 Å². The van der Waals surface area contributed by atoms with E-state index in [-0.39, 0.29) is 17.8 Å². The van der Waals surface area contributed by atoms with Crippen LogP contribution in [-0.4, -0.2) is 41.5 Å². The summed E-state index contributed by atoms with van der Waals surface area (Å²) in [5.41, 5.74) is 0.0190. The van der Waals surface area contributed by atoms with Crippen molar-refractivity contribution in [3.63, 3.8) is 0 Å². The minimum absolute atomic E-state index is 0.119. The van der Waals surface area contributed by atoms with Crippen LogP contribution in [0.1, 0.15) is 57.2 Å². The Morgan fingerprint density at radius 2 is 2.23 bits per heavy atom. The Labute approximate surface area is 135 Å². The van der Waals surface area contributed by atoms with Crippen LogP contribution in [0.25, 0.3) is 0 Å². The maximum Gasteiger partial charge on any atom is 0.317 e. The Kier molecular flexibility index (Phi) is 5.21. The Bertz CT molecular complexity index is 553. The van der Waals surface area contributed by atoms with Gasteiger partial charge in [-0.05, 0) is 33.6 Å². The third-order valence-electron chi connectivity index (χ3n) is 4.16. The second kappa shape index (κ2) is 6.77. The lowest BCUT2D eigenvalue weighted by atomic mass is 9.90. The Balaban J connectivity index is 2.14. The van der Waals surface area contributed by atoms with E-state index in [1.807, 2.05) is 24.1 Å². The van der Waals surface area contributed by atoms with Crippen molar-refractivity contribution < 1.29 is 14.3 Å². The number of esters is 1. The molecule has 1 aliphatic heterocycles. The molecule has 0 saturated carbocycles. The summed E-state index contributed by atoms with van der Waals surface area (Å²) in [4.78, 5) is 30.2. The first-order valence-corrected chi connectivity index (χ1v) is 8.62. The topological polar surface area (TPSA) is 59.5 Å². The molecule has 1 atom stereocenters. The quantitative estimate of drug-likeness (QED) is 0.799. The van der Waals surface area contributed by atoms with E-state index in [9.17, 15) is 9.59 Å². The first kappa shape index (κ1) is 16.9. The highest BCUT2D eigenvalue weighted by Crippen LogP contribution is 2.33. The van der Waals surface area contributed by atoms with E-state index in [4.69, 9.17) is 4.74 Å². The van der Waals surface area contributed by atoms with Crippen LogP contribution in [0.15, 0.2) is 5.38 Å². The van der Waals surface area contributed by atoms with Crippen molar-refractivity contribution in [3.8, 4) is 0 Å². The smallest absolute Gasteiger partial charge is 0.317 e. The normalized spacial score (nSPS) is 19.1. The lowest BCUT2D eigenvalue weighted by Gasteiger charge is -2.31. The van der Waals surface area contributed by atoms with Crippen molar-refractivity contribution in [2.24, 2.45) is 0 Å². The van der Waals surface area contributed by atoms with Gasteiger partial charge in [-0.1, -0.05) is 0 Å². The Morgan fingerprint density at radius 3 is 2.86 bits per heavy atom.